The van der Waals surface area contributed by atoms with Crippen molar-refractivity contribution in [1.29, 1.82) is 0 Å². The highest BCUT2D eigenvalue weighted by atomic mass is 28.4. The van der Waals surface area contributed by atoms with E-state index in [4.69, 9.17) is 13.6 Å². The number of ether oxygens (including phenoxy) is 1. The first-order chi connectivity index (χ1) is 10.4. The average molecular weight is 343 g/mol. The molecule has 0 aromatic carbocycles. The van der Waals surface area contributed by atoms with Crippen molar-refractivity contribution in [3.05, 3.63) is 12.7 Å². The minimum atomic E-state index is -2.49. The van der Waals surface area contributed by atoms with Crippen molar-refractivity contribution >= 4 is 8.56 Å². The van der Waals surface area contributed by atoms with E-state index in [0.29, 0.717) is 13.0 Å². The molecule has 23 heavy (non-hydrogen) atoms. The van der Waals surface area contributed by atoms with E-state index in [1.807, 2.05) is 13.0 Å². The zero-order valence-corrected chi connectivity index (χ0v) is 16.8. The molecule has 0 saturated carbocycles. The maximum absolute atomic E-state index is 10.5. The normalized spacial score (nSPS) is 36.2. The summed E-state index contributed by atoms with van der Waals surface area (Å²) in [5, 5.41) is 10.4. The van der Waals surface area contributed by atoms with Gasteiger partial charge in [-0.05, 0) is 0 Å². The van der Waals surface area contributed by atoms with Crippen LogP contribution in [0.25, 0.3) is 0 Å². The van der Waals surface area contributed by atoms with E-state index in [1.54, 1.807) is 0 Å². The Kier molecular flexibility index (Phi) is 5.21. The highest BCUT2D eigenvalue weighted by molar-refractivity contribution is 6.73. The smallest absolute Gasteiger partial charge is 0.349 e. The molecule has 4 nitrogen and oxygen atoms in total. The Hall–Kier alpha value is -0.203. The number of rotatable bonds is 2. The minimum Gasteiger partial charge on any atom is -0.391 e. The highest BCUT2D eigenvalue weighted by Crippen LogP contribution is 2.55. The van der Waals surface area contributed by atoms with Crippen LogP contribution in [0.5, 0.6) is 0 Å². The van der Waals surface area contributed by atoms with E-state index in [1.165, 1.54) is 0 Å². The SMILES string of the molecule is C=C[C@H](C)[C@@H]1O[C@@H]2CO[Si](C(C)(C)C)(C(C)(C)C)O[C@@H]2C[C@@H]1O. The maximum Gasteiger partial charge on any atom is 0.349 e. The van der Waals surface area contributed by atoms with E-state index in [-0.39, 0.29) is 34.3 Å². The molecule has 2 rings (SSSR count). The van der Waals surface area contributed by atoms with Crippen LogP contribution < -0.4 is 0 Å². The van der Waals surface area contributed by atoms with Crippen LogP contribution >= 0.6 is 0 Å². The van der Waals surface area contributed by atoms with E-state index < -0.39 is 14.7 Å². The van der Waals surface area contributed by atoms with Crippen molar-refractivity contribution in [2.45, 2.75) is 89.4 Å². The van der Waals surface area contributed by atoms with Gasteiger partial charge in [0.15, 0.2) is 0 Å². The standard InChI is InChI=1S/C18H34O4Si/c1-9-12(2)16-13(19)10-14-15(21-16)11-20-23(22-14,17(3,4)5)18(6,7)8/h9,12-16,19H,1,10-11H2,2-8H3/t12-,13-,14+,15+,16-/m0/s1. The molecular weight excluding hydrogens is 308 g/mol. The topological polar surface area (TPSA) is 47.9 Å². The lowest BCUT2D eigenvalue weighted by Gasteiger charge is -2.56. The van der Waals surface area contributed by atoms with E-state index >= 15 is 0 Å². The molecular formula is C18H34O4Si. The molecule has 0 radical (unpaired) electrons. The second kappa shape index (κ2) is 6.26. The molecule has 0 spiro atoms. The van der Waals surface area contributed by atoms with E-state index in [9.17, 15) is 5.11 Å². The van der Waals surface area contributed by atoms with Gasteiger partial charge in [-0.15, -0.1) is 6.58 Å². The lowest BCUT2D eigenvalue weighted by Crippen LogP contribution is -2.67. The molecule has 1 N–H and O–H groups in total. The van der Waals surface area contributed by atoms with Crippen molar-refractivity contribution in [1.82, 2.24) is 0 Å². The van der Waals surface area contributed by atoms with Gasteiger partial charge in [-0.25, -0.2) is 0 Å². The second-order valence-electron chi connectivity index (χ2n) is 9.12. The molecule has 2 fully saturated rings. The summed E-state index contributed by atoms with van der Waals surface area (Å²) >= 11 is 0. The van der Waals surface area contributed by atoms with Crippen LogP contribution in [0.2, 0.25) is 10.1 Å². The first-order valence-electron chi connectivity index (χ1n) is 8.71. The summed E-state index contributed by atoms with van der Waals surface area (Å²) in [6, 6.07) is 0. The fourth-order valence-electron chi connectivity index (χ4n) is 4.14. The third-order valence-electron chi connectivity index (χ3n) is 5.23. The van der Waals surface area contributed by atoms with Crippen molar-refractivity contribution in [3.8, 4) is 0 Å². The summed E-state index contributed by atoms with van der Waals surface area (Å²) in [6.45, 7) is 19.6. The zero-order chi connectivity index (χ0) is 17.6. The third-order valence-corrected chi connectivity index (χ3v) is 10.4. The molecule has 0 aromatic heterocycles. The van der Waals surface area contributed by atoms with Crippen LogP contribution in [0.4, 0.5) is 0 Å². The molecule has 0 aromatic rings. The van der Waals surface area contributed by atoms with Gasteiger partial charge in [0.1, 0.15) is 6.10 Å². The summed E-state index contributed by atoms with van der Waals surface area (Å²) in [4.78, 5) is 0. The number of hydrogen-bond donors (Lipinski definition) is 1. The molecule has 0 amide bonds. The molecule has 0 bridgehead atoms. The summed E-state index contributed by atoms with van der Waals surface area (Å²) in [6.07, 6.45) is 1.52. The summed E-state index contributed by atoms with van der Waals surface area (Å²) in [5.41, 5.74) is 0. The van der Waals surface area contributed by atoms with Gasteiger partial charge in [-0.1, -0.05) is 54.5 Å². The van der Waals surface area contributed by atoms with Gasteiger partial charge < -0.3 is 18.7 Å². The molecule has 2 aliphatic heterocycles. The van der Waals surface area contributed by atoms with Gasteiger partial charge >= 0.3 is 8.56 Å². The number of fused-ring (bicyclic) bond motifs is 1. The molecule has 0 aliphatic carbocycles. The Morgan fingerprint density at radius 2 is 1.70 bits per heavy atom. The fourth-order valence-corrected chi connectivity index (χ4v) is 9.11. The van der Waals surface area contributed by atoms with Gasteiger partial charge in [0.2, 0.25) is 0 Å². The van der Waals surface area contributed by atoms with Gasteiger partial charge in [0.25, 0.3) is 0 Å². The molecule has 2 heterocycles. The Morgan fingerprint density at radius 1 is 1.13 bits per heavy atom. The summed E-state index contributed by atoms with van der Waals surface area (Å²) < 4.78 is 19.2. The lowest BCUT2D eigenvalue weighted by atomic mass is 9.91. The largest absolute Gasteiger partial charge is 0.391 e. The predicted molar refractivity (Wildman–Crippen MR) is 94.7 cm³/mol. The van der Waals surface area contributed by atoms with Crippen molar-refractivity contribution in [2.24, 2.45) is 5.92 Å². The Bertz CT molecular complexity index is 423. The molecule has 134 valence electrons. The van der Waals surface area contributed by atoms with Crippen LogP contribution in [0, 0.1) is 5.92 Å². The van der Waals surface area contributed by atoms with Gasteiger partial charge in [-0.3, -0.25) is 0 Å². The second-order valence-corrected chi connectivity index (χ2v) is 13.9. The monoisotopic (exact) mass is 342 g/mol. The Balaban J connectivity index is 2.23. The van der Waals surface area contributed by atoms with Gasteiger partial charge in [0.05, 0.1) is 24.9 Å². The minimum absolute atomic E-state index is 0.0492. The Morgan fingerprint density at radius 3 is 2.17 bits per heavy atom. The lowest BCUT2D eigenvalue weighted by molar-refractivity contribution is -0.206. The summed E-state index contributed by atoms with van der Waals surface area (Å²) in [7, 11) is -2.49. The number of hydrogen-bond acceptors (Lipinski definition) is 4. The van der Waals surface area contributed by atoms with Crippen LogP contribution in [0.1, 0.15) is 54.9 Å². The van der Waals surface area contributed by atoms with Gasteiger partial charge in [0, 0.05) is 22.4 Å². The van der Waals surface area contributed by atoms with Crippen molar-refractivity contribution < 1.29 is 18.7 Å². The van der Waals surface area contributed by atoms with E-state index in [2.05, 4.69) is 48.1 Å². The fraction of sp³-hybridized carbons (Fsp3) is 0.889. The Labute approximate surface area is 142 Å². The first-order valence-corrected chi connectivity index (χ1v) is 10.5. The average Bonchev–Trinajstić information content (AvgIpc) is 2.42. The van der Waals surface area contributed by atoms with Crippen molar-refractivity contribution in [3.63, 3.8) is 0 Å². The molecule has 0 unspecified atom stereocenters. The molecule has 5 atom stereocenters. The summed E-state index contributed by atoms with van der Waals surface area (Å²) in [5.74, 6) is 0.111. The van der Waals surface area contributed by atoms with Crippen molar-refractivity contribution in [2.75, 3.05) is 6.61 Å². The number of aliphatic hydroxyl groups is 1. The maximum atomic E-state index is 10.5. The molecule has 5 heteroatoms. The third kappa shape index (κ3) is 3.31. The van der Waals surface area contributed by atoms with E-state index in [0.717, 1.165) is 0 Å². The molecule has 2 aliphatic rings. The van der Waals surface area contributed by atoms with Crippen LogP contribution in [-0.4, -0.2) is 44.7 Å². The predicted octanol–water partition coefficient (Wildman–Crippen LogP) is 3.78. The molecule has 2 saturated heterocycles. The van der Waals surface area contributed by atoms with Crippen LogP contribution in [0.15, 0.2) is 12.7 Å². The highest BCUT2D eigenvalue weighted by Gasteiger charge is 2.62. The van der Waals surface area contributed by atoms with Crippen LogP contribution in [-0.2, 0) is 13.6 Å². The first kappa shape index (κ1) is 19.1. The number of aliphatic hydroxyl groups excluding tert-OH is 1. The van der Waals surface area contributed by atoms with Gasteiger partial charge in [-0.2, -0.15) is 0 Å². The van der Waals surface area contributed by atoms with Crippen LogP contribution in [0.3, 0.4) is 0 Å². The zero-order valence-electron chi connectivity index (χ0n) is 15.8. The quantitative estimate of drug-likeness (QED) is 0.613.